The molecule has 1 fully saturated rings. The van der Waals surface area contributed by atoms with Crippen molar-refractivity contribution in [1.82, 2.24) is 40.7 Å². The Hall–Kier alpha value is -5.02. The second-order valence-corrected chi connectivity index (χ2v) is 11.2. The van der Waals surface area contributed by atoms with Crippen molar-refractivity contribution in [3.8, 4) is 6.07 Å². The van der Waals surface area contributed by atoms with Crippen LogP contribution in [0.1, 0.15) is 39.0 Å². The SMILES string of the molecule is C[C@@H]1CCN(C(=O)CC#N)C[C@@H]1N(C)c1ncnc2c1ccn2C(=O)NCC(=O)NCC(=O)NCC(=O)NC(CCCCN)C(=O)O.Cl. The van der Waals surface area contributed by atoms with Gasteiger partial charge in [0.2, 0.25) is 23.6 Å². The number of likely N-dealkylation sites (N-methyl/N-ethyl adjacent to an activating group) is 1. The number of nitrogens with one attached hydrogen (secondary N) is 4. The predicted octanol–water partition coefficient (Wildman–Crippen LogP) is -1.07. The standard InChI is InChI=1S/C29H41N11O7.ClH/c1-18-7-11-39(25(44)6-10-31)16-21(18)38(2)26-19-8-12-40(27(19)36-17-35-26)29(47)34-14-23(42)32-13-22(41)33-15-24(43)37-20(28(45)46)5-3-4-9-30;/h8,12,17-18,20-21H,3-7,9,11,13-16,30H2,1-2H3,(H,32,42)(H,33,41)(H,34,47)(H,37,43)(H,45,46);1H/t18-,20?,21+;/m1./s1. The van der Waals surface area contributed by atoms with E-state index in [0.717, 1.165) is 6.42 Å². The third-order valence-corrected chi connectivity index (χ3v) is 7.88. The number of nitrogens with two attached hydrogens (primary N) is 1. The molecule has 0 spiro atoms. The minimum Gasteiger partial charge on any atom is -0.480 e. The van der Waals surface area contributed by atoms with E-state index < -0.39 is 55.4 Å². The fraction of sp³-hybridized carbons (Fsp3) is 0.552. The normalized spacial score (nSPS) is 16.1. The van der Waals surface area contributed by atoms with Crippen LogP contribution < -0.4 is 31.9 Å². The number of aliphatic carboxylic acids is 1. The molecule has 0 radical (unpaired) electrons. The number of carboxylic acids is 1. The van der Waals surface area contributed by atoms with Crippen LogP contribution in [0.25, 0.3) is 11.0 Å². The number of hydrogen-bond donors (Lipinski definition) is 6. The molecule has 1 unspecified atom stereocenters. The fourth-order valence-corrected chi connectivity index (χ4v) is 5.22. The quantitative estimate of drug-likeness (QED) is 0.122. The molecule has 3 atom stereocenters. The lowest BCUT2D eigenvalue weighted by Gasteiger charge is -2.42. The third kappa shape index (κ3) is 10.8. The number of nitriles is 1. The van der Waals surface area contributed by atoms with Crippen LogP contribution >= 0.6 is 12.4 Å². The van der Waals surface area contributed by atoms with E-state index in [4.69, 9.17) is 11.0 Å². The van der Waals surface area contributed by atoms with E-state index in [2.05, 4.69) is 38.2 Å². The van der Waals surface area contributed by atoms with Gasteiger partial charge in [-0.3, -0.25) is 23.7 Å². The van der Waals surface area contributed by atoms with E-state index in [9.17, 15) is 33.9 Å². The predicted molar refractivity (Wildman–Crippen MR) is 175 cm³/mol. The van der Waals surface area contributed by atoms with Gasteiger partial charge in [-0.05, 0) is 44.2 Å². The minimum atomic E-state index is -1.20. The maximum atomic E-state index is 12.9. The summed E-state index contributed by atoms with van der Waals surface area (Å²) in [5.74, 6) is -2.70. The van der Waals surface area contributed by atoms with Crippen molar-refractivity contribution in [3.05, 3.63) is 18.6 Å². The smallest absolute Gasteiger partial charge is 0.327 e. The van der Waals surface area contributed by atoms with Gasteiger partial charge in [0.25, 0.3) is 0 Å². The number of fused-ring (bicyclic) bond motifs is 1. The van der Waals surface area contributed by atoms with Gasteiger partial charge in [0.05, 0.1) is 37.1 Å². The average Bonchev–Trinajstić information content (AvgIpc) is 3.49. The molecule has 0 saturated carbocycles. The zero-order valence-corrected chi connectivity index (χ0v) is 27.6. The molecular formula is C29H42ClN11O7. The molecule has 2 aromatic heterocycles. The Morgan fingerprint density at radius 2 is 1.75 bits per heavy atom. The van der Waals surface area contributed by atoms with Gasteiger partial charge in [-0.25, -0.2) is 19.6 Å². The molecular weight excluding hydrogens is 650 g/mol. The summed E-state index contributed by atoms with van der Waals surface area (Å²) in [6.45, 7) is 2.06. The van der Waals surface area contributed by atoms with Crippen LogP contribution in [0.5, 0.6) is 0 Å². The molecule has 19 heteroatoms. The van der Waals surface area contributed by atoms with Crippen LogP contribution in [0.15, 0.2) is 18.6 Å². The Labute approximate surface area is 283 Å². The van der Waals surface area contributed by atoms with Gasteiger partial charge in [0, 0.05) is 26.3 Å². The van der Waals surface area contributed by atoms with Gasteiger partial charge in [0.15, 0.2) is 5.65 Å². The summed E-state index contributed by atoms with van der Waals surface area (Å²) in [7, 11) is 1.85. The van der Waals surface area contributed by atoms with Crippen molar-refractivity contribution in [1.29, 1.82) is 5.26 Å². The van der Waals surface area contributed by atoms with Crippen LogP contribution in [0.4, 0.5) is 10.6 Å². The first kappa shape index (κ1) is 39.2. The Balaban J connectivity index is 0.00000800. The molecule has 1 saturated heterocycles. The van der Waals surface area contributed by atoms with E-state index in [-0.39, 0.29) is 43.1 Å². The number of unbranched alkanes of at least 4 members (excludes halogenated alkanes) is 1. The molecule has 2 aromatic rings. The molecule has 18 nitrogen and oxygen atoms in total. The van der Waals surface area contributed by atoms with Crippen LogP contribution in [0.2, 0.25) is 0 Å². The zero-order chi connectivity index (χ0) is 34.5. The number of rotatable bonds is 15. The maximum Gasteiger partial charge on any atom is 0.327 e. The minimum absolute atomic E-state index is 0. The number of hydrogen-bond acceptors (Lipinski definition) is 11. The second kappa shape index (κ2) is 19.0. The number of likely N-dealkylation sites (tertiary alicyclic amines) is 1. The number of amides is 5. The van der Waals surface area contributed by atoms with Gasteiger partial charge >= 0.3 is 12.0 Å². The van der Waals surface area contributed by atoms with Crippen LogP contribution in [-0.4, -0.2) is 119 Å². The lowest BCUT2D eigenvalue weighted by Crippen LogP contribution is -2.52. The number of piperidine rings is 1. The van der Waals surface area contributed by atoms with Crippen LogP contribution in [0, 0.1) is 17.2 Å². The second-order valence-electron chi connectivity index (χ2n) is 11.2. The van der Waals surface area contributed by atoms with Crippen LogP contribution in [-0.2, 0) is 24.0 Å². The monoisotopic (exact) mass is 691 g/mol. The third-order valence-electron chi connectivity index (χ3n) is 7.88. The Morgan fingerprint density at radius 3 is 2.40 bits per heavy atom. The number of nitrogens with zero attached hydrogens (tertiary/aromatic N) is 6. The molecule has 0 bridgehead atoms. The number of aromatic nitrogens is 3. The van der Waals surface area contributed by atoms with Crippen LogP contribution in [0.3, 0.4) is 0 Å². The van der Waals surface area contributed by atoms with Gasteiger partial charge in [-0.2, -0.15) is 5.26 Å². The van der Waals surface area contributed by atoms with E-state index in [1.165, 1.54) is 17.1 Å². The highest BCUT2D eigenvalue weighted by atomic mass is 35.5. The lowest BCUT2D eigenvalue weighted by atomic mass is 9.92. The largest absolute Gasteiger partial charge is 0.480 e. The van der Waals surface area contributed by atoms with Crippen molar-refractivity contribution in [2.75, 3.05) is 51.2 Å². The number of anilines is 1. The van der Waals surface area contributed by atoms with E-state index in [1.807, 2.05) is 18.0 Å². The van der Waals surface area contributed by atoms with Crippen molar-refractivity contribution >= 4 is 64.9 Å². The highest BCUT2D eigenvalue weighted by molar-refractivity contribution is 5.96. The summed E-state index contributed by atoms with van der Waals surface area (Å²) in [5, 5.41) is 28.1. The van der Waals surface area contributed by atoms with Gasteiger partial charge in [0.1, 0.15) is 24.6 Å². The maximum absolute atomic E-state index is 12.9. The van der Waals surface area contributed by atoms with Gasteiger partial charge in [-0.15, -0.1) is 12.4 Å². The Bertz CT molecular complexity index is 1510. The summed E-state index contributed by atoms with van der Waals surface area (Å²) in [4.78, 5) is 85.3. The summed E-state index contributed by atoms with van der Waals surface area (Å²) in [6.07, 6.45) is 4.71. The molecule has 0 aromatic carbocycles. The summed E-state index contributed by atoms with van der Waals surface area (Å²) < 4.78 is 1.22. The van der Waals surface area contributed by atoms with Gasteiger partial charge in [-0.1, -0.05) is 6.92 Å². The fourth-order valence-electron chi connectivity index (χ4n) is 5.22. The van der Waals surface area contributed by atoms with E-state index in [0.29, 0.717) is 49.3 Å². The molecule has 48 heavy (non-hydrogen) atoms. The molecule has 3 rings (SSSR count). The number of carboxylic acid groups (broad SMARTS) is 1. The van der Waals surface area contributed by atoms with Gasteiger partial charge < -0.3 is 41.9 Å². The lowest BCUT2D eigenvalue weighted by molar-refractivity contribution is -0.142. The molecule has 1 aliphatic rings. The summed E-state index contributed by atoms with van der Waals surface area (Å²) in [6, 6.07) is 1.72. The Kier molecular flexibility index (Phi) is 15.5. The first-order chi connectivity index (χ1) is 22.5. The molecule has 0 aliphatic carbocycles. The highest BCUT2D eigenvalue weighted by Gasteiger charge is 2.33. The first-order valence-corrected chi connectivity index (χ1v) is 15.2. The summed E-state index contributed by atoms with van der Waals surface area (Å²) in [5.41, 5.74) is 5.69. The molecule has 7 N–H and O–H groups in total. The molecule has 1 aliphatic heterocycles. The summed E-state index contributed by atoms with van der Waals surface area (Å²) >= 11 is 0. The first-order valence-electron chi connectivity index (χ1n) is 15.2. The average molecular weight is 692 g/mol. The van der Waals surface area contributed by atoms with Crippen molar-refractivity contribution < 1.29 is 33.9 Å². The Morgan fingerprint density at radius 1 is 1.08 bits per heavy atom. The highest BCUT2D eigenvalue weighted by Crippen LogP contribution is 2.29. The number of carbonyl (C=O) groups is 6. The van der Waals surface area contributed by atoms with E-state index >= 15 is 0 Å². The van der Waals surface area contributed by atoms with Crippen molar-refractivity contribution in [2.45, 2.75) is 51.1 Å². The molecule has 262 valence electrons. The topological polar surface area (TPSA) is 258 Å². The van der Waals surface area contributed by atoms with Crippen molar-refractivity contribution in [2.24, 2.45) is 11.7 Å². The van der Waals surface area contributed by atoms with E-state index in [1.54, 1.807) is 11.0 Å². The van der Waals surface area contributed by atoms with Crippen molar-refractivity contribution in [3.63, 3.8) is 0 Å². The number of carbonyl (C=O) groups excluding carboxylic acids is 5. The molecule has 3 heterocycles. The number of halogens is 1. The molecule has 5 amide bonds. The zero-order valence-electron chi connectivity index (χ0n) is 26.8.